The molecule has 0 amide bonds. The quantitative estimate of drug-likeness (QED) is 0.869. The summed E-state index contributed by atoms with van der Waals surface area (Å²) >= 11 is 0. The summed E-state index contributed by atoms with van der Waals surface area (Å²) in [5.74, 6) is -0.0147. The van der Waals surface area contributed by atoms with Crippen molar-refractivity contribution in [1.82, 2.24) is 4.90 Å². The minimum Gasteiger partial charge on any atom is -0.392 e. The molecule has 0 aliphatic carbocycles. The maximum atomic E-state index is 13.2. The molecule has 2 unspecified atom stereocenters. The van der Waals surface area contributed by atoms with Crippen LogP contribution in [0.4, 0.5) is 4.39 Å². The molecule has 0 spiro atoms. The highest BCUT2D eigenvalue weighted by Gasteiger charge is 2.24. The predicted octanol–water partition coefficient (Wildman–Crippen LogP) is 1.90. The van der Waals surface area contributed by atoms with Gasteiger partial charge in [-0.2, -0.15) is 5.26 Å². The summed E-state index contributed by atoms with van der Waals surface area (Å²) in [5, 5.41) is 18.8. The van der Waals surface area contributed by atoms with E-state index in [9.17, 15) is 9.50 Å². The average Bonchev–Trinajstić information content (AvgIpc) is 2.34. The highest BCUT2D eigenvalue weighted by atomic mass is 19.1. The third kappa shape index (κ3) is 2.87. The van der Waals surface area contributed by atoms with Gasteiger partial charge in [0.1, 0.15) is 5.82 Å². The Labute approximate surface area is 106 Å². The Bertz CT molecular complexity index is 469. The van der Waals surface area contributed by atoms with Crippen molar-refractivity contribution in [2.75, 3.05) is 13.1 Å². The smallest absolute Gasteiger partial charge is 0.123 e. The van der Waals surface area contributed by atoms with Gasteiger partial charge in [-0.3, -0.25) is 4.90 Å². The van der Waals surface area contributed by atoms with Gasteiger partial charge in [0.05, 0.1) is 17.7 Å². The zero-order valence-corrected chi connectivity index (χ0v) is 10.4. The summed E-state index contributed by atoms with van der Waals surface area (Å²) in [5.41, 5.74) is 1.20. The Balaban J connectivity index is 2.10. The number of likely N-dealkylation sites (tertiary alicyclic amines) is 1. The lowest BCUT2D eigenvalue weighted by Crippen LogP contribution is -2.42. The predicted molar refractivity (Wildman–Crippen MR) is 66.2 cm³/mol. The minimum absolute atomic E-state index is 0.309. The maximum Gasteiger partial charge on any atom is 0.123 e. The molecule has 2 atom stereocenters. The zero-order chi connectivity index (χ0) is 13.1. The number of hydrogen-bond acceptors (Lipinski definition) is 3. The van der Waals surface area contributed by atoms with Crippen LogP contribution in [-0.4, -0.2) is 29.2 Å². The molecule has 0 bridgehead atoms. The van der Waals surface area contributed by atoms with Gasteiger partial charge in [0.25, 0.3) is 0 Å². The molecule has 0 radical (unpaired) electrons. The number of nitriles is 1. The van der Waals surface area contributed by atoms with Crippen LogP contribution in [0.15, 0.2) is 18.2 Å². The minimum atomic E-state index is -0.335. The van der Waals surface area contributed by atoms with Gasteiger partial charge in [0, 0.05) is 13.1 Å². The molecular formula is C14H17FN2O. The molecule has 1 saturated heterocycles. The van der Waals surface area contributed by atoms with Crippen molar-refractivity contribution in [1.29, 1.82) is 5.26 Å². The van der Waals surface area contributed by atoms with E-state index in [2.05, 4.69) is 11.0 Å². The first kappa shape index (κ1) is 13.0. The monoisotopic (exact) mass is 248 g/mol. The normalized spacial score (nSPS) is 24.8. The summed E-state index contributed by atoms with van der Waals surface area (Å²) in [4.78, 5) is 2.07. The fourth-order valence-electron chi connectivity index (χ4n) is 2.30. The Morgan fingerprint density at radius 3 is 3.00 bits per heavy atom. The molecule has 1 N–H and O–H groups in total. The average molecular weight is 248 g/mol. The van der Waals surface area contributed by atoms with Gasteiger partial charge < -0.3 is 5.11 Å². The highest BCUT2D eigenvalue weighted by molar-refractivity contribution is 5.37. The topological polar surface area (TPSA) is 47.3 Å². The number of halogens is 1. The van der Waals surface area contributed by atoms with Gasteiger partial charge in [-0.05, 0) is 42.6 Å². The van der Waals surface area contributed by atoms with Gasteiger partial charge in [-0.15, -0.1) is 0 Å². The van der Waals surface area contributed by atoms with Crippen LogP contribution in [0.5, 0.6) is 0 Å². The first-order valence-corrected chi connectivity index (χ1v) is 6.19. The fraction of sp³-hybridized carbons (Fsp3) is 0.500. The Hall–Kier alpha value is -1.44. The molecule has 1 aliphatic rings. The molecule has 0 aromatic heterocycles. The number of β-amino-alcohol motifs (C(OH)–C–C–N with tert-alkyl or cyclic N) is 1. The lowest BCUT2D eigenvalue weighted by molar-refractivity contribution is 0.0258. The van der Waals surface area contributed by atoms with Crippen molar-refractivity contribution in [2.24, 2.45) is 5.92 Å². The molecule has 1 fully saturated rings. The van der Waals surface area contributed by atoms with Crippen LogP contribution in [0.25, 0.3) is 0 Å². The number of piperidine rings is 1. The third-order valence-corrected chi connectivity index (χ3v) is 3.58. The van der Waals surface area contributed by atoms with E-state index in [1.165, 1.54) is 18.2 Å². The van der Waals surface area contributed by atoms with Crippen LogP contribution >= 0.6 is 0 Å². The third-order valence-electron chi connectivity index (χ3n) is 3.58. The van der Waals surface area contributed by atoms with Crippen molar-refractivity contribution in [3.63, 3.8) is 0 Å². The van der Waals surface area contributed by atoms with E-state index >= 15 is 0 Å². The van der Waals surface area contributed by atoms with Crippen LogP contribution in [-0.2, 0) is 6.54 Å². The standard InChI is InChI=1S/C14H17FN2O/c1-10-4-5-17(9-14(10)18)8-12-6-13(15)3-2-11(12)7-16/h2-3,6,10,14,18H,4-5,8-9H2,1H3. The van der Waals surface area contributed by atoms with Crippen LogP contribution in [0.3, 0.4) is 0 Å². The van der Waals surface area contributed by atoms with E-state index in [1.54, 1.807) is 0 Å². The second-order valence-corrected chi connectivity index (χ2v) is 4.98. The first-order chi connectivity index (χ1) is 8.60. The Kier molecular flexibility index (Phi) is 3.95. The largest absolute Gasteiger partial charge is 0.392 e. The highest BCUT2D eigenvalue weighted by Crippen LogP contribution is 2.20. The van der Waals surface area contributed by atoms with E-state index in [-0.39, 0.29) is 11.9 Å². The molecule has 1 aromatic rings. The first-order valence-electron chi connectivity index (χ1n) is 6.19. The van der Waals surface area contributed by atoms with Crippen molar-refractivity contribution in [2.45, 2.75) is 26.0 Å². The zero-order valence-electron chi connectivity index (χ0n) is 10.4. The lowest BCUT2D eigenvalue weighted by Gasteiger charge is -2.34. The number of benzene rings is 1. The number of aliphatic hydroxyl groups is 1. The number of rotatable bonds is 2. The van der Waals surface area contributed by atoms with Gasteiger partial charge in [0.15, 0.2) is 0 Å². The second-order valence-electron chi connectivity index (χ2n) is 4.98. The van der Waals surface area contributed by atoms with Gasteiger partial charge in [0.2, 0.25) is 0 Å². The Morgan fingerprint density at radius 2 is 2.33 bits per heavy atom. The number of aliphatic hydroxyl groups excluding tert-OH is 1. The summed E-state index contributed by atoms with van der Waals surface area (Å²) in [6.07, 6.45) is 0.594. The number of nitrogens with zero attached hydrogens (tertiary/aromatic N) is 2. The second kappa shape index (κ2) is 5.47. The molecule has 1 aliphatic heterocycles. The molecule has 1 aromatic carbocycles. The molecule has 4 heteroatoms. The molecule has 3 nitrogen and oxygen atoms in total. The molecule has 18 heavy (non-hydrogen) atoms. The van der Waals surface area contributed by atoms with E-state index in [0.717, 1.165) is 13.0 Å². The molecule has 1 heterocycles. The van der Waals surface area contributed by atoms with Crippen molar-refractivity contribution >= 4 is 0 Å². The van der Waals surface area contributed by atoms with Crippen molar-refractivity contribution in [3.8, 4) is 6.07 Å². The molecule has 0 saturated carbocycles. The van der Waals surface area contributed by atoms with E-state index in [1.807, 2.05) is 6.92 Å². The van der Waals surface area contributed by atoms with Crippen molar-refractivity contribution in [3.05, 3.63) is 35.1 Å². The van der Waals surface area contributed by atoms with E-state index in [4.69, 9.17) is 5.26 Å². The molecule has 96 valence electrons. The van der Waals surface area contributed by atoms with Crippen LogP contribution < -0.4 is 0 Å². The number of hydrogen-bond donors (Lipinski definition) is 1. The van der Waals surface area contributed by atoms with Crippen LogP contribution in [0.2, 0.25) is 0 Å². The maximum absolute atomic E-state index is 13.2. The van der Waals surface area contributed by atoms with Crippen LogP contribution in [0, 0.1) is 23.1 Å². The molecule has 2 rings (SSSR count). The summed E-state index contributed by atoms with van der Waals surface area (Å²) in [6, 6.07) is 6.29. The fourth-order valence-corrected chi connectivity index (χ4v) is 2.30. The summed E-state index contributed by atoms with van der Waals surface area (Å²) in [7, 11) is 0. The summed E-state index contributed by atoms with van der Waals surface area (Å²) in [6.45, 7) is 4.01. The Morgan fingerprint density at radius 1 is 1.56 bits per heavy atom. The van der Waals surface area contributed by atoms with Gasteiger partial charge in [-0.1, -0.05) is 6.92 Å². The van der Waals surface area contributed by atoms with E-state index < -0.39 is 0 Å². The van der Waals surface area contributed by atoms with Crippen molar-refractivity contribution < 1.29 is 9.50 Å². The summed E-state index contributed by atoms with van der Waals surface area (Å²) < 4.78 is 13.2. The SMILES string of the molecule is CC1CCN(Cc2cc(F)ccc2C#N)CC1O. The lowest BCUT2D eigenvalue weighted by atomic mass is 9.95. The van der Waals surface area contributed by atoms with Gasteiger partial charge in [-0.25, -0.2) is 4.39 Å². The van der Waals surface area contributed by atoms with Crippen LogP contribution in [0.1, 0.15) is 24.5 Å². The molecular weight excluding hydrogens is 231 g/mol. The van der Waals surface area contributed by atoms with E-state index in [0.29, 0.717) is 30.1 Å². The van der Waals surface area contributed by atoms with Gasteiger partial charge >= 0.3 is 0 Å².